The van der Waals surface area contributed by atoms with Crippen LogP contribution in [0.25, 0.3) is 0 Å². The molecule has 0 heterocycles. The van der Waals surface area contributed by atoms with Crippen LogP contribution in [0.15, 0.2) is 30.3 Å². The molecule has 1 aromatic rings. The van der Waals surface area contributed by atoms with E-state index < -0.39 is 0 Å². The molecule has 1 aromatic carbocycles. The fraction of sp³-hybridized carbons (Fsp3) is 0.611. The molecular formula is C18H28N2. The topological polar surface area (TPSA) is 27.0 Å². The van der Waals surface area contributed by atoms with Crippen molar-refractivity contribution in [3.63, 3.8) is 0 Å². The number of benzene rings is 1. The lowest BCUT2D eigenvalue weighted by molar-refractivity contribution is 0.244. The molecular weight excluding hydrogens is 244 g/mol. The quantitative estimate of drug-likeness (QED) is 0.708. The molecule has 0 saturated heterocycles. The van der Waals surface area contributed by atoms with Crippen LogP contribution in [-0.4, -0.2) is 24.5 Å². The summed E-state index contributed by atoms with van der Waals surface area (Å²) in [5.41, 5.74) is 0.808. The van der Waals surface area contributed by atoms with E-state index in [1.165, 1.54) is 5.56 Å². The van der Waals surface area contributed by atoms with Crippen LogP contribution >= 0.6 is 0 Å². The van der Waals surface area contributed by atoms with Crippen LogP contribution in [-0.2, 0) is 5.41 Å². The molecule has 0 spiro atoms. The zero-order valence-corrected chi connectivity index (χ0v) is 13.4. The van der Waals surface area contributed by atoms with Crippen LogP contribution in [0.2, 0.25) is 0 Å². The second kappa shape index (κ2) is 8.07. The van der Waals surface area contributed by atoms with Crippen LogP contribution in [0.4, 0.5) is 0 Å². The highest BCUT2D eigenvalue weighted by molar-refractivity contribution is 5.33. The molecule has 0 aromatic heterocycles. The molecule has 20 heavy (non-hydrogen) atoms. The van der Waals surface area contributed by atoms with E-state index in [4.69, 9.17) is 0 Å². The minimum absolute atomic E-state index is 0.362. The predicted molar refractivity (Wildman–Crippen MR) is 85.6 cm³/mol. The van der Waals surface area contributed by atoms with E-state index in [1.807, 2.05) is 18.2 Å². The van der Waals surface area contributed by atoms with E-state index in [1.54, 1.807) is 0 Å². The third-order valence-corrected chi connectivity index (χ3v) is 4.66. The van der Waals surface area contributed by atoms with Crippen LogP contribution in [0.5, 0.6) is 0 Å². The lowest BCUT2D eigenvalue weighted by atomic mass is 9.68. The van der Waals surface area contributed by atoms with Crippen LogP contribution in [0, 0.1) is 17.2 Å². The van der Waals surface area contributed by atoms with Gasteiger partial charge in [0.1, 0.15) is 0 Å². The first-order chi connectivity index (χ1) is 9.64. The summed E-state index contributed by atoms with van der Waals surface area (Å²) >= 11 is 0. The van der Waals surface area contributed by atoms with Gasteiger partial charge in [0.05, 0.1) is 11.5 Å². The van der Waals surface area contributed by atoms with Crippen molar-refractivity contribution < 1.29 is 0 Å². The minimum Gasteiger partial charge on any atom is -0.304 e. The van der Waals surface area contributed by atoms with E-state index >= 15 is 0 Å². The van der Waals surface area contributed by atoms with Gasteiger partial charge in [-0.2, -0.15) is 5.26 Å². The highest BCUT2D eigenvalue weighted by Crippen LogP contribution is 2.37. The summed E-state index contributed by atoms with van der Waals surface area (Å²) in [7, 11) is 0. The summed E-state index contributed by atoms with van der Waals surface area (Å²) in [6.45, 7) is 11.8. The van der Waals surface area contributed by atoms with Crippen molar-refractivity contribution in [2.75, 3.05) is 19.6 Å². The molecule has 0 N–H and O–H groups in total. The lowest BCUT2D eigenvalue weighted by Crippen LogP contribution is -2.37. The van der Waals surface area contributed by atoms with Gasteiger partial charge in [-0.05, 0) is 37.5 Å². The molecule has 0 fully saturated rings. The smallest absolute Gasteiger partial charge is 0.0859 e. The molecule has 0 saturated carbocycles. The van der Waals surface area contributed by atoms with Crippen molar-refractivity contribution in [3.05, 3.63) is 35.9 Å². The molecule has 0 aliphatic heterocycles. The number of rotatable bonds is 8. The van der Waals surface area contributed by atoms with Gasteiger partial charge < -0.3 is 4.90 Å². The monoisotopic (exact) mass is 272 g/mol. The van der Waals surface area contributed by atoms with Gasteiger partial charge in [-0.25, -0.2) is 0 Å². The van der Waals surface area contributed by atoms with Gasteiger partial charge in [-0.15, -0.1) is 0 Å². The van der Waals surface area contributed by atoms with Crippen LogP contribution in [0.3, 0.4) is 0 Å². The molecule has 0 aliphatic carbocycles. The summed E-state index contributed by atoms with van der Waals surface area (Å²) < 4.78 is 0. The molecule has 1 rings (SSSR count). The van der Waals surface area contributed by atoms with Crippen molar-refractivity contribution in [3.8, 4) is 6.07 Å². The summed E-state index contributed by atoms with van der Waals surface area (Å²) in [5, 5.41) is 9.92. The zero-order valence-electron chi connectivity index (χ0n) is 13.4. The Hall–Kier alpha value is -1.33. The normalized spacial score (nSPS) is 15.6. The third-order valence-electron chi connectivity index (χ3n) is 4.66. The van der Waals surface area contributed by atoms with Gasteiger partial charge in [-0.1, -0.05) is 64.4 Å². The third kappa shape index (κ3) is 3.61. The van der Waals surface area contributed by atoms with E-state index in [2.05, 4.69) is 50.8 Å². The average Bonchev–Trinajstić information content (AvgIpc) is 2.52. The molecule has 0 amide bonds. The summed E-state index contributed by atoms with van der Waals surface area (Å²) in [6.07, 6.45) is 1.94. The molecule has 0 radical (unpaired) electrons. The van der Waals surface area contributed by atoms with E-state index in [9.17, 15) is 5.26 Å². The number of hydrogen-bond donors (Lipinski definition) is 0. The second-order valence-electron chi connectivity index (χ2n) is 5.54. The fourth-order valence-corrected chi connectivity index (χ4v) is 2.86. The molecule has 110 valence electrons. The van der Waals surface area contributed by atoms with Crippen LogP contribution < -0.4 is 0 Å². The first kappa shape index (κ1) is 16.7. The number of nitrogens with zero attached hydrogens (tertiary/aromatic N) is 2. The highest BCUT2D eigenvalue weighted by Gasteiger charge is 2.37. The molecule has 0 aliphatic rings. The summed E-state index contributed by atoms with van der Waals surface area (Å²) in [5.74, 6) is 0.366. The average molecular weight is 272 g/mol. The van der Waals surface area contributed by atoms with Crippen LogP contribution in [0.1, 0.15) is 46.1 Å². The lowest BCUT2D eigenvalue weighted by Gasteiger charge is -2.35. The maximum atomic E-state index is 9.92. The molecule has 2 heteroatoms. The van der Waals surface area contributed by atoms with Crippen molar-refractivity contribution in [1.29, 1.82) is 5.26 Å². The molecule has 0 bridgehead atoms. The van der Waals surface area contributed by atoms with Crippen molar-refractivity contribution in [1.82, 2.24) is 4.90 Å². The maximum Gasteiger partial charge on any atom is 0.0859 e. The van der Waals surface area contributed by atoms with E-state index in [0.717, 1.165) is 32.5 Å². The minimum atomic E-state index is -0.362. The largest absolute Gasteiger partial charge is 0.304 e. The second-order valence-corrected chi connectivity index (χ2v) is 5.54. The Morgan fingerprint density at radius 2 is 1.75 bits per heavy atom. The van der Waals surface area contributed by atoms with Crippen molar-refractivity contribution in [2.24, 2.45) is 5.92 Å². The first-order valence-electron chi connectivity index (χ1n) is 7.83. The Morgan fingerprint density at radius 3 is 2.20 bits per heavy atom. The Kier molecular flexibility index (Phi) is 6.75. The number of hydrogen-bond acceptors (Lipinski definition) is 2. The van der Waals surface area contributed by atoms with Crippen molar-refractivity contribution >= 4 is 0 Å². The predicted octanol–water partition coefficient (Wildman–Crippen LogP) is 4.23. The maximum absolute atomic E-state index is 9.92. The zero-order chi connectivity index (χ0) is 15.0. The highest BCUT2D eigenvalue weighted by atomic mass is 15.1. The SMILES string of the molecule is CC[C@@H](C)[C@@](C#N)(CCN(CC)CC)c1ccccc1. The fourth-order valence-electron chi connectivity index (χ4n) is 2.86. The van der Waals surface area contributed by atoms with E-state index in [0.29, 0.717) is 5.92 Å². The van der Waals surface area contributed by atoms with Gasteiger partial charge in [0.25, 0.3) is 0 Å². The van der Waals surface area contributed by atoms with Crippen molar-refractivity contribution in [2.45, 2.75) is 46.0 Å². The van der Waals surface area contributed by atoms with Gasteiger partial charge in [-0.3, -0.25) is 0 Å². The van der Waals surface area contributed by atoms with Gasteiger partial charge >= 0.3 is 0 Å². The summed E-state index contributed by atoms with van der Waals surface area (Å²) in [6, 6.07) is 13.0. The molecule has 2 atom stereocenters. The Bertz CT molecular complexity index is 417. The summed E-state index contributed by atoms with van der Waals surface area (Å²) in [4.78, 5) is 2.40. The Labute approximate surface area is 124 Å². The Balaban J connectivity index is 3.05. The Morgan fingerprint density at radius 1 is 1.15 bits per heavy atom. The standard InChI is InChI=1S/C18H28N2/c1-5-16(4)18(15-19,13-14-20(6-2)7-3)17-11-9-8-10-12-17/h8-12,16H,5-7,13-14H2,1-4H3/t16-,18+/m1/s1. The van der Waals surface area contributed by atoms with Gasteiger partial charge in [0.15, 0.2) is 0 Å². The first-order valence-corrected chi connectivity index (χ1v) is 7.83. The molecule has 2 nitrogen and oxygen atoms in total. The number of nitriles is 1. The molecule has 0 unspecified atom stereocenters. The van der Waals surface area contributed by atoms with E-state index in [-0.39, 0.29) is 5.41 Å². The van der Waals surface area contributed by atoms with Gasteiger partial charge in [0.2, 0.25) is 0 Å². The van der Waals surface area contributed by atoms with Gasteiger partial charge in [0, 0.05) is 0 Å².